The van der Waals surface area contributed by atoms with Crippen LogP contribution in [0.5, 0.6) is 0 Å². The van der Waals surface area contributed by atoms with Crippen LogP contribution in [0.1, 0.15) is 45.4 Å². The Balaban J connectivity index is 0.00000312. The Hall–Kier alpha value is -0.570. The summed E-state index contributed by atoms with van der Waals surface area (Å²) >= 11 is 0. The minimum absolute atomic E-state index is 0. The zero-order valence-electron chi connectivity index (χ0n) is 16.0. The van der Waals surface area contributed by atoms with Crippen LogP contribution in [0.3, 0.4) is 0 Å². The predicted octanol–water partition coefficient (Wildman–Crippen LogP) is 2.23. The lowest BCUT2D eigenvalue weighted by Crippen LogP contribution is -2.46. The van der Waals surface area contributed by atoms with E-state index in [2.05, 4.69) is 22.5 Å². The number of aliphatic imine (C=N–C) groups is 1. The first-order chi connectivity index (χ1) is 11.6. The van der Waals surface area contributed by atoms with Gasteiger partial charge in [-0.25, -0.2) is 0 Å². The maximum absolute atomic E-state index is 11.5. The summed E-state index contributed by atoms with van der Waals surface area (Å²) in [6, 6.07) is 0. The topological polar surface area (TPSA) is 66.0 Å². The summed E-state index contributed by atoms with van der Waals surface area (Å²) in [5.74, 6) is 1.70. The molecule has 2 N–H and O–H groups in total. The van der Waals surface area contributed by atoms with Crippen LogP contribution in [0.2, 0.25) is 0 Å². The van der Waals surface area contributed by atoms with E-state index in [0.717, 1.165) is 58.0 Å². The second-order valence-corrected chi connectivity index (χ2v) is 7.22. The molecule has 0 spiro atoms. The number of likely N-dealkylation sites (tertiary alicyclic amines) is 1. The third-order valence-corrected chi connectivity index (χ3v) is 5.36. The van der Waals surface area contributed by atoms with Gasteiger partial charge in [0.25, 0.3) is 0 Å². The Labute approximate surface area is 169 Å². The standard InChI is InChI=1S/C18H34N4O2.HI/c1-4-20-17(21-14-18(7-8-18)9-12-24-3)22-10-5-15(6-11-22)13-16(23)19-2;/h15H,4-14H2,1-3H3,(H,19,23)(H,20,21);1H. The molecular formula is C18H35IN4O2. The van der Waals surface area contributed by atoms with Crippen molar-refractivity contribution in [3.8, 4) is 0 Å². The third kappa shape index (κ3) is 7.29. The highest BCUT2D eigenvalue weighted by molar-refractivity contribution is 14.0. The SMILES string of the molecule is CCNC(=NCC1(CCOC)CC1)N1CCC(CC(=O)NC)CC1.I. The summed E-state index contributed by atoms with van der Waals surface area (Å²) in [6.07, 6.45) is 6.43. The molecule has 1 saturated carbocycles. The van der Waals surface area contributed by atoms with Crippen molar-refractivity contribution in [2.24, 2.45) is 16.3 Å². The lowest BCUT2D eigenvalue weighted by molar-refractivity contribution is -0.121. The van der Waals surface area contributed by atoms with E-state index in [-0.39, 0.29) is 29.9 Å². The van der Waals surface area contributed by atoms with Gasteiger partial charge in [0.2, 0.25) is 5.91 Å². The molecular weight excluding hydrogens is 431 g/mol. The molecule has 1 amide bonds. The van der Waals surface area contributed by atoms with Crippen molar-refractivity contribution in [1.82, 2.24) is 15.5 Å². The molecule has 0 bridgehead atoms. The second-order valence-electron chi connectivity index (χ2n) is 7.22. The minimum Gasteiger partial charge on any atom is -0.385 e. The Morgan fingerprint density at radius 1 is 1.32 bits per heavy atom. The smallest absolute Gasteiger partial charge is 0.220 e. The van der Waals surface area contributed by atoms with Crippen LogP contribution in [0.15, 0.2) is 4.99 Å². The Bertz CT molecular complexity index is 433. The van der Waals surface area contributed by atoms with E-state index in [4.69, 9.17) is 9.73 Å². The van der Waals surface area contributed by atoms with Crippen LogP contribution >= 0.6 is 24.0 Å². The van der Waals surface area contributed by atoms with Crippen LogP contribution in [-0.2, 0) is 9.53 Å². The van der Waals surface area contributed by atoms with Gasteiger partial charge in [0.05, 0.1) is 0 Å². The fourth-order valence-corrected chi connectivity index (χ4v) is 3.36. The second kappa shape index (κ2) is 11.2. The van der Waals surface area contributed by atoms with E-state index in [0.29, 0.717) is 17.8 Å². The average Bonchev–Trinajstić information content (AvgIpc) is 3.38. The highest BCUT2D eigenvalue weighted by Crippen LogP contribution is 2.49. The summed E-state index contributed by atoms with van der Waals surface area (Å²) in [5, 5.41) is 6.17. The van der Waals surface area contributed by atoms with Crippen molar-refractivity contribution < 1.29 is 9.53 Å². The van der Waals surface area contributed by atoms with Crippen molar-refractivity contribution >= 4 is 35.8 Å². The molecule has 7 heteroatoms. The molecule has 2 fully saturated rings. The molecule has 146 valence electrons. The molecule has 0 aromatic rings. The van der Waals surface area contributed by atoms with E-state index in [9.17, 15) is 4.79 Å². The van der Waals surface area contributed by atoms with E-state index < -0.39 is 0 Å². The number of hydrogen-bond donors (Lipinski definition) is 2. The number of halogens is 1. The molecule has 1 aliphatic heterocycles. The zero-order chi connectivity index (χ0) is 17.4. The van der Waals surface area contributed by atoms with E-state index in [1.807, 2.05) is 0 Å². The number of nitrogens with zero attached hydrogens (tertiary/aromatic N) is 2. The lowest BCUT2D eigenvalue weighted by atomic mass is 9.93. The van der Waals surface area contributed by atoms with Crippen LogP contribution in [-0.4, -0.2) is 63.7 Å². The fourth-order valence-electron chi connectivity index (χ4n) is 3.36. The van der Waals surface area contributed by atoms with E-state index in [1.165, 1.54) is 12.8 Å². The Morgan fingerprint density at radius 2 is 2.00 bits per heavy atom. The number of carbonyl (C=O) groups is 1. The van der Waals surface area contributed by atoms with Crippen LogP contribution in [0.4, 0.5) is 0 Å². The number of ether oxygens (including phenoxy) is 1. The highest BCUT2D eigenvalue weighted by atomic mass is 127. The molecule has 2 rings (SSSR count). The summed E-state index contributed by atoms with van der Waals surface area (Å²) in [7, 11) is 3.48. The molecule has 1 saturated heterocycles. The van der Waals surface area contributed by atoms with Crippen LogP contribution in [0.25, 0.3) is 0 Å². The molecule has 0 aromatic carbocycles. The first kappa shape index (κ1) is 22.5. The predicted molar refractivity (Wildman–Crippen MR) is 113 cm³/mol. The average molecular weight is 466 g/mol. The summed E-state index contributed by atoms with van der Waals surface area (Å²) in [4.78, 5) is 18.8. The molecule has 1 aliphatic carbocycles. The third-order valence-electron chi connectivity index (χ3n) is 5.36. The van der Waals surface area contributed by atoms with Gasteiger partial charge in [-0.3, -0.25) is 9.79 Å². The number of guanidine groups is 1. The fraction of sp³-hybridized carbons (Fsp3) is 0.889. The van der Waals surface area contributed by atoms with E-state index in [1.54, 1.807) is 14.2 Å². The van der Waals surface area contributed by atoms with Gasteiger partial charge in [0.15, 0.2) is 5.96 Å². The highest BCUT2D eigenvalue weighted by Gasteiger charge is 2.42. The number of piperidine rings is 1. The summed E-state index contributed by atoms with van der Waals surface area (Å²) in [5.41, 5.74) is 0.383. The molecule has 0 unspecified atom stereocenters. The maximum Gasteiger partial charge on any atom is 0.220 e. The van der Waals surface area contributed by atoms with Crippen molar-refractivity contribution in [3.05, 3.63) is 0 Å². The van der Waals surface area contributed by atoms with Gasteiger partial charge < -0.3 is 20.3 Å². The quantitative estimate of drug-likeness (QED) is 0.327. The van der Waals surface area contributed by atoms with Crippen molar-refractivity contribution in [2.75, 3.05) is 46.9 Å². The maximum atomic E-state index is 11.5. The van der Waals surface area contributed by atoms with Gasteiger partial charge in [-0.1, -0.05) is 0 Å². The Kier molecular flexibility index (Phi) is 10.1. The zero-order valence-corrected chi connectivity index (χ0v) is 18.3. The van der Waals surface area contributed by atoms with Gasteiger partial charge in [0.1, 0.15) is 0 Å². The molecule has 25 heavy (non-hydrogen) atoms. The van der Waals surface area contributed by atoms with Gasteiger partial charge >= 0.3 is 0 Å². The first-order valence-electron chi connectivity index (χ1n) is 9.35. The van der Waals surface area contributed by atoms with Crippen LogP contribution < -0.4 is 10.6 Å². The van der Waals surface area contributed by atoms with Crippen molar-refractivity contribution in [3.63, 3.8) is 0 Å². The van der Waals surface area contributed by atoms with E-state index >= 15 is 0 Å². The minimum atomic E-state index is 0. The monoisotopic (exact) mass is 466 g/mol. The number of methoxy groups -OCH3 is 1. The van der Waals surface area contributed by atoms with Gasteiger partial charge in [-0.2, -0.15) is 0 Å². The Morgan fingerprint density at radius 3 is 2.52 bits per heavy atom. The van der Waals surface area contributed by atoms with Crippen molar-refractivity contribution in [2.45, 2.75) is 45.4 Å². The molecule has 2 aliphatic rings. The number of amides is 1. The molecule has 6 nitrogen and oxygen atoms in total. The molecule has 0 radical (unpaired) electrons. The largest absolute Gasteiger partial charge is 0.385 e. The lowest BCUT2D eigenvalue weighted by Gasteiger charge is -2.34. The van der Waals surface area contributed by atoms with Gasteiger partial charge in [0, 0.05) is 53.4 Å². The first-order valence-corrected chi connectivity index (χ1v) is 9.35. The molecule has 0 aromatic heterocycles. The number of nitrogens with one attached hydrogen (secondary N) is 2. The molecule has 1 heterocycles. The van der Waals surface area contributed by atoms with Gasteiger partial charge in [-0.15, -0.1) is 24.0 Å². The molecule has 0 atom stereocenters. The normalized spacial score (nSPS) is 20.0. The number of hydrogen-bond acceptors (Lipinski definition) is 3. The summed E-state index contributed by atoms with van der Waals surface area (Å²) < 4.78 is 5.23. The number of carbonyl (C=O) groups excluding carboxylic acids is 1. The number of rotatable bonds is 8. The summed E-state index contributed by atoms with van der Waals surface area (Å²) in [6.45, 7) is 6.71. The van der Waals surface area contributed by atoms with Crippen molar-refractivity contribution in [1.29, 1.82) is 0 Å². The van der Waals surface area contributed by atoms with Gasteiger partial charge in [-0.05, 0) is 50.4 Å². The van der Waals surface area contributed by atoms with Crippen LogP contribution in [0, 0.1) is 11.3 Å².